The van der Waals surface area contributed by atoms with Crippen molar-refractivity contribution in [1.29, 1.82) is 0 Å². The normalized spacial score (nSPS) is 20.7. The van der Waals surface area contributed by atoms with Gasteiger partial charge in [0.05, 0.1) is 5.75 Å². The van der Waals surface area contributed by atoms with E-state index in [0.29, 0.717) is 13.1 Å². The second kappa shape index (κ2) is 6.17. The molecule has 1 aliphatic heterocycles. The molecular weight excluding hydrogens is 258 g/mol. The Morgan fingerprint density at radius 1 is 1.39 bits per heavy atom. The number of likely N-dealkylation sites (tertiary alicyclic amines) is 1. The van der Waals surface area contributed by atoms with Gasteiger partial charge >= 0.3 is 5.97 Å². The van der Waals surface area contributed by atoms with Gasteiger partial charge in [0.2, 0.25) is 5.91 Å². The molecule has 0 aromatic rings. The molecule has 0 aromatic carbocycles. The van der Waals surface area contributed by atoms with Crippen molar-refractivity contribution in [3.05, 3.63) is 0 Å². The van der Waals surface area contributed by atoms with Crippen LogP contribution in [-0.4, -0.2) is 55.4 Å². The number of carboxylic acids is 1. The van der Waals surface area contributed by atoms with Crippen LogP contribution >= 0.6 is 0 Å². The van der Waals surface area contributed by atoms with Crippen molar-refractivity contribution < 1.29 is 23.1 Å². The molecule has 1 rings (SSSR count). The summed E-state index contributed by atoms with van der Waals surface area (Å²) in [4.78, 5) is 24.0. The molecule has 0 spiro atoms. The van der Waals surface area contributed by atoms with Crippen molar-refractivity contribution >= 4 is 21.7 Å². The molecular formula is C11H19NO5S. The largest absolute Gasteiger partial charge is 0.481 e. The number of sulfone groups is 1. The molecule has 1 unspecified atom stereocenters. The molecule has 1 aliphatic rings. The summed E-state index contributed by atoms with van der Waals surface area (Å²) in [5.41, 5.74) is 0. The van der Waals surface area contributed by atoms with Crippen molar-refractivity contribution in [2.24, 2.45) is 5.92 Å². The molecule has 1 saturated heterocycles. The van der Waals surface area contributed by atoms with Crippen molar-refractivity contribution in [2.45, 2.75) is 25.7 Å². The SMILES string of the molecule is CS(=O)(=O)CCC(=O)N1CCCC(CC(=O)O)C1. The summed E-state index contributed by atoms with van der Waals surface area (Å²) in [6.07, 6.45) is 2.74. The summed E-state index contributed by atoms with van der Waals surface area (Å²) in [6, 6.07) is 0. The van der Waals surface area contributed by atoms with Gasteiger partial charge in [-0.15, -0.1) is 0 Å². The highest BCUT2D eigenvalue weighted by Crippen LogP contribution is 2.20. The first-order valence-corrected chi connectivity index (χ1v) is 8.01. The Labute approximate surface area is 107 Å². The average molecular weight is 277 g/mol. The van der Waals surface area contributed by atoms with Crippen LogP contribution in [0.25, 0.3) is 0 Å². The molecule has 18 heavy (non-hydrogen) atoms. The van der Waals surface area contributed by atoms with Gasteiger partial charge in [-0.2, -0.15) is 0 Å². The first kappa shape index (κ1) is 14.9. The molecule has 1 heterocycles. The first-order chi connectivity index (χ1) is 8.28. The quantitative estimate of drug-likeness (QED) is 0.771. The van der Waals surface area contributed by atoms with Crippen LogP contribution < -0.4 is 0 Å². The van der Waals surface area contributed by atoms with Gasteiger partial charge in [-0.25, -0.2) is 8.42 Å². The summed E-state index contributed by atoms with van der Waals surface area (Å²) in [7, 11) is -3.13. The van der Waals surface area contributed by atoms with Crippen LogP contribution in [0.1, 0.15) is 25.7 Å². The van der Waals surface area contributed by atoms with Crippen molar-refractivity contribution in [3.63, 3.8) is 0 Å². The van der Waals surface area contributed by atoms with Crippen LogP contribution in [0.4, 0.5) is 0 Å². The Morgan fingerprint density at radius 3 is 2.61 bits per heavy atom. The van der Waals surface area contributed by atoms with Crippen LogP contribution in [0.2, 0.25) is 0 Å². The second-order valence-electron chi connectivity index (χ2n) is 4.83. The molecule has 6 nitrogen and oxygen atoms in total. The fourth-order valence-corrected chi connectivity index (χ4v) is 2.68. The zero-order valence-corrected chi connectivity index (χ0v) is 11.3. The summed E-state index contributed by atoms with van der Waals surface area (Å²) in [5.74, 6) is -1.22. The third-order valence-corrected chi connectivity index (χ3v) is 3.97. The maximum absolute atomic E-state index is 11.8. The number of hydrogen-bond donors (Lipinski definition) is 1. The minimum atomic E-state index is -3.13. The molecule has 1 fully saturated rings. The predicted molar refractivity (Wildman–Crippen MR) is 65.9 cm³/mol. The molecule has 0 bridgehead atoms. The Hall–Kier alpha value is -1.11. The lowest BCUT2D eigenvalue weighted by Gasteiger charge is -2.32. The maximum atomic E-state index is 11.8. The van der Waals surface area contributed by atoms with Crippen molar-refractivity contribution in [3.8, 4) is 0 Å². The van der Waals surface area contributed by atoms with Gasteiger partial charge in [0.15, 0.2) is 0 Å². The summed E-state index contributed by atoms with van der Waals surface area (Å²) < 4.78 is 22.0. The minimum Gasteiger partial charge on any atom is -0.481 e. The number of aliphatic carboxylic acids is 1. The minimum absolute atomic E-state index is 0.0153. The smallest absolute Gasteiger partial charge is 0.303 e. The van der Waals surface area contributed by atoms with E-state index in [4.69, 9.17) is 5.11 Å². The third kappa shape index (κ3) is 5.48. The molecule has 1 atom stereocenters. The fourth-order valence-electron chi connectivity index (χ4n) is 2.14. The van der Waals surface area contributed by atoms with Crippen molar-refractivity contribution in [1.82, 2.24) is 4.90 Å². The van der Waals surface area contributed by atoms with E-state index in [9.17, 15) is 18.0 Å². The number of carboxylic acid groups (broad SMARTS) is 1. The molecule has 1 amide bonds. The standard InChI is InChI=1S/C11H19NO5S/c1-18(16,17)6-4-10(13)12-5-2-3-9(8-12)7-11(14)15/h9H,2-8H2,1H3,(H,14,15). The highest BCUT2D eigenvalue weighted by Gasteiger charge is 2.25. The maximum Gasteiger partial charge on any atom is 0.303 e. The van der Waals surface area contributed by atoms with Gasteiger partial charge in [0, 0.05) is 32.2 Å². The molecule has 0 radical (unpaired) electrons. The highest BCUT2D eigenvalue weighted by molar-refractivity contribution is 7.90. The number of carbonyl (C=O) groups excluding carboxylic acids is 1. The molecule has 7 heteroatoms. The molecule has 1 N–H and O–H groups in total. The summed E-state index contributed by atoms with van der Waals surface area (Å²) in [6.45, 7) is 1.02. The Balaban J connectivity index is 2.45. The number of amides is 1. The van der Waals surface area contributed by atoms with Crippen LogP contribution in [-0.2, 0) is 19.4 Å². The third-order valence-electron chi connectivity index (χ3n) is 3.02. The zero-order valence-electron chi connectivity index (χ0n) is 10.5. The number of hydrogen-bond acceptors (Lipinski definition) is 4. The molecule has 0 aromatic heterocycles. The topological polar surface area (TPSA) is 91.8 Å². The van der Waals surface area contributed by atoms with E-state index < -0.39 is 15.8 Å². The monoisotopic (exact) mass is 277 g/mol. The lowest BCUT2D eigenvalue weighted by molar-refractivity contribution is -0.140. The predicted octanol–water partition coefficient (Wildman–Crippen LogP) is 0.134. The van der Waals surface area contributed by atoms with Crippen molar-refractivity contribution in [2.75, 3.05) is 25.1 Å². The Bertz CT molecular complexity index is 417. The van der Waals surface area contributed by atoms with Gasteiger partial charge in [0.25, 0.3) is 0 Å². The van der Waals surface area contributed by atoms with E-state index in [2.05, 4.69) is 0 Å². The van der Waals surface area contributed by atoms with E-state index in [1.807, 2.05) is 0 Å². The Kier molecular flexibility index (Phi) is 5.13. The van der Waals surface area contributed by atoms with E-state index in [1.165, 1.54) is 0 Å². The van der Waals surface area contributed by atoms with Gasteiger partial charge in [0.1, 0.15) is 9.84 Å². The van der Waals surface area contributed by atoms with E-state index in [0.717, 1.165) is 19.1 Å². The van der Waals surface area contributed by atoms with Gasteiger partial charge in [-0.1, -0.05) is 0 Å². The van der Waals surface area contributed by atoms with Gasteiger partial charge in [-0.05, 0) is 18.8 Å². The molecule has 104 valence electrons. The van der Waals surface area contributed by atoms with E-state index in [-0.39, 0.29) is 30.4 Å². The van der Waals surface area contributed by atoms with E-state index in [1.54, 1.807) is 4.90 Å². The zero-order chi connectivity index (χ0) is 13.8. The average Bonchev–Trinajstić information content (AvgIpc) is 2.24. The van der Waals surface area contributed by atoms with E-state index >= 15 is 0 Å². The first-order valence-electron chi connectivity index (χ1n) is 5.95. The molecule has 0 saturated carbocycles. The van der Waals surface area contributed by atoms with Gasteiger partial charge in [-0.3, -0.25) is 9.59 Å². The second-order valence-corrected chi connectivity index (χ2v) is 7.09. The highest BCUT2D eigenvalue weighted by atomic mass is 32.2. The van der Waals surface area contributed by atoms with Crippen LogP contribution in [0, 0.1) is 5.92 Å². The van der Waals surface area contributed by atoms with Crippen LogP contribution in [0.15, 0.2) is 0 Å². The lowest BCUT2D eigenvalue weighted by atomic mass is 9.95. The summed E-state index contributed by atoms with van der Waals surface area (Å²) in [5, 5.41) is 8.72. The van der Waals surface area contributed by atoms with Crippen LogP contribution in [0.5, 0.6) is 0 Å². The van der Waals surface area contributed by atoms with Gasteiger partial charge < -0.3 is 10.0 Å². The fraction of sp³-hybridized carbons (Fsp3) is 0.818. The van der Waals surface area contributed by atoms with Crippen LogP contribution in [0.3, 0.4) is 0 Å². The number of nitrogens with zero attached hydrogens (tertiary/aromatic N) is 1. The number of carbonyl (C=O) groups is 2. The lowest BCUT2D eigenvalue weighted by Crippen LogP contribution is -2.41. The number of piperidine rings is 1. The summed E-state index contributed by atoms with van der Waals surface area (Å²) >= 11 is 0. The molecule has 0 aliphatic carbocycles. The Morgan fingerprint density at radius 2 is 2.06 bits per heavy atom. The number of rotatable bonds is 5.